The minimum absolute atomic E-state index is 0.137. The van der Waals surface area contributed by atoms with Crippen LogP contribution in [0.4, 0.5) is 4.39 Å². The van der Waals surface area contributed by atoms with Crippen LogP contribution in [0.3, 0.4) is 0 Å². The minimum Gasteiger partial charge on any atom is -0.376 e. The topological polar surface area (TPSA) is 47.4 Å². The van der Waals surface area contributed by atoms with Gasteiger partial charge in [-0.1, -0.05) is 12.1 Å². The molecule has 1 aliphatic heterocycles. The summed E-state index contributed by atoms with van der Waals surface area (Å²) in [5, 5.41) is 0. The number of carbonyl (C=O) groups is 1. The molecule has 1 aliphatic carbocycles. The second-order valence-corrected chi connectivity index (χ2v) is 7.23. The van der Waals surface area contributed by atoms with E-state index >= 15 is 0 Å². The highest BCUT2D eigenvalue weighted by molar-refractivity contribution is 5.81. The van der Waals surface area contributed by atoms with Gasteiger partial charge in [-0.25, -0.2) is 9.37 Å². The fourth-order valence-corrected chi connectivity index (χ4v) is 3.45. The predicted molar refractivity (Wildman–Crippen MR) is 94.8 cm³/mol. The number of imidazole rings is 1. The summed E-state index contributed by atoms with van der Waals surface area (Å²) in [5.41, 5.74) is 1.00. The van der Waals surface area contributed by atoms with E-state index in [1.807, 2.05) is 15.7 Å². The Kier molecular flexibility index (Phi) is 5.02. The molecule has 1 amide bonds. The van der Waals surface area contributed by atoms with Crippen molar-refractivity contribution >= 4 is 5.91 Å². The summed E-state index contributed by atoms with van der Waals surface area (Å²) in [7, 11) is 0. The maximum Gasteiger partial charge on any atom is 0.226 e. The summed E-state index contributed by atoms with van der Waals surface area (Å²) < 4.78 is 20.9. The van der Waals surface area contributed by atoms with Gasteiger partial charge in [-0.15, -0.1) is 0 Å². The van der Waals surface area contributed by atoms with Crippen molar-refractivity contribution < 1.29 is 13.9 Å². The Morgan fingerprint density at radius 1 is 1.27 bits per heavy atom. The monoisotopic (exact) mass is 357 g/mol. The van der Waals surface area contributed by atoms with Crippen LogP contribution in [0.25, 0.3) is 0 Å². The molecule has 1 unspecified atom stereocenters. The van der Waals surface area contributed by atoms with E-state index in [-0.39, 0.29) is 23.7 Å². The van der Waals surface area contributed by atoms with Crippen molar-refractivity contribution in [3.63, 3.8) is 0 Å². The van der Waals surface area contributed by atoms with Gasteiger partial charge in [-0.05, 0) is 43.4 Å². The molecule has 2 fully saturated rings. The first kappa shape index (κ1) is 17.2. The molecule has 1 aromatic carbocycles. The summed E-state index contributed by atoms with van der Waals surface area (Å²) in [5.74, 6) is 1.01. The Morgan fingerprint density at radius 3 is 2.77 bits per heavy atom. The standard InChI is InChI=1S/C20H24FN3O2/c21-17-7-3-15(4-8-17)12-23-10-9-22-19(23)14-24(20(25)16-5-6-16)13-18-2-1-11-26-18/h3-4,7-10,16,18H,1-2,5-6,11-14H2. The Balaban J connectivity index is 1.47. The van der Waals surface area contributed by atoms with Crippen LogP contribution in [-0.2, 0) is 22.6 Å². The molecular formula is C20H24FN3O2. The van der Waals surface area contributed by atoms with Crippen molar-refractivity contribution in [1.29, 1.82) is 0 Å². The number of nitrogens with zero attached hydrogens (tertiary/aromatic N) is 3. The van der Waals surface area contributed by atoms with Crippen molar-refractivity contribution in [2.24, 2.45) is 5.92 Å². The average Bonchev–Trinajstić information content (AvgIpc) is 3.20. The van der Waals surface area contributed by atoms with Gasteiger partial charge in [0.05, 0.1) is 12.6 Å². The zero-order valence-electron chi connectivity index (χ0n) is 14.8. The molecule has 5 nitrogen and oxygen atoms in total. The van der Waals surface area contributed by atoms with Gasteiger partial charge in [0.2, 0.25) is 5.91 Å². The van der Waals surface area contributed by atoms with Crippen molar-refractivity contribution in [3.8, 4) is 0 Å². The quantitative estimate of drug-likeness (QED) is 0.765. The first-order chi connectivity index (χ1) is 12.7. The molecule has 0 radical (unpaired) electrons. The molecule has 1 atom stereocenters. The number of halogens is 1. The van der Waals surface area contributed by atoms with E-state index in [0.717, 1.165) is 43.7 Å². The molecule has 2 heterocycles. The normalized spacial score (nSPS) is 19.7. The molecule has 26 heavy (non-hydrogen) atoms. The Bertz CT molecular complexity index is 749. The van der Waals surface area contributed by atoms with Gasteiger partial charge in [-0.2, -0.15) is 0 Å². The highest BCUT2D eigenvalue weighted by Gasteiger charge is 2.35. The zero-order valence-corrected chi connectivity index (χ0v) is 14.8. The zero-order chi connectivity index (χ0) is 17.9. The van der Waals surface area contributed by atoms with Gasteiger partial charge in [0.15, 0.2) is 0 Å². The molecule has 6 heteroatoms. The lowest BCUT2D eigenvalue weighted by atomic mass is 10.2. The van der Waals surface area contributed by atoms with Crippen LogP contribution in [0.15, 0.2) is 36.7 Å². The highest BCUT2D eigenvalue weighted by Crippen LogP contribution is 2.32. The smallest absolute Gasteiger partial charge is 0.226 e. The van der Waals surface area contributed by atoms with Crippen LogP contribution in [0.2, 0.25) is 0 Å². The van der Waals surface area contributed by atoms with Crippen LogP contribution >= 0.6 is 0 Å². The van der Waals surface area contributed by atoms with Crippen LogP contribution < -0.4 is 0 Å². The molecule has 0 bridgehead atoms. The number of aromatic nitrogens is 2. The number of carbonyl (C=O) groups excluding carboxylic acids is 1. The van der Waals surface area contributed by atoms with Gasteiger partial charge >= 0.3 is 0 Å². The van der Waals surface area contributed by atoms with Crippen LogP contribution in [0.1, 0.15) is 37.1 Å². The van der Waals surface area contributed by atoms with E-state index in [4.69, 9.17) is 4.74 Å². The number of hydrogen-bond donors (Lipinski definition) is 0. The number of amides is 1. The molecular weight excluding hydrogens is 333 g/mol. The lowest BCUT2D eigenvalue weighted by Gasteiger charge is -2.25. The van der Waals surface area contributed by atoms with Crippen molar-refractivity contribution in [2.75, 3.05) is 13.2 Å². The second kappa shape index (κ2) is 7.58. The third-order valence-electron chi connectivity index (χ3n) is 5.09. The van der Waals surface area contributed by atoms with Gasteiger partial charge in [0.1, 0.15) is 11.6 Å². The van der Waals surface area contributed by atoms with E-state index in [2.05, 4.69) is 4.98 Å². The van der Waals surface area contributed by atoms with Crippen molar-refractivity contribution in [3.05, 3.63) is 53.9 Å². The summed E-state index contributed by atoms with van der Waals surface area (Å²) in [6, 6.07) is 6.48. The lowest BCUT2D eigenvalue weighted by Crippen LogP contribution is -2.38. The van der Waals surface area contributed by atoms with Crippen LogP contribution in [0.5, 0.6) is 0 Å². The third kappa shape index (κ3) is 4.12. The number of rotatable bonds is 7. The highest BCUT2D eigenvalue weighted by atomic mass is 19.1. The summed E-state index contributed by atoms with van der Waals surface area (Å²) >= 11 is 0. The number of benzene rings is 1. The molecule has 138 valence electrons. The van der Waals surface area contributed by atoms with E-state index in [9.17, 15) is 9.18 Å². The second-order valence-electron chi connectivity index (χ2n) is 7.23. The van der Waals surface area contributed by atoms with Gasteiger partial charge in [0, 0.05) is 38.0 Å². The fraction of sp³-hybridized carbons (Fsp3) is 0.500. The number of ether oxygens (including phenoxy) is 1. The largest absolute Gasteiger partial charge is 0.376 e. The van der Waals surface area contributed by atoms with Crippen molar-refractivity contribution in [1.82, 2.24) is 14.5 Å². The Labute approximate surface area is 152 Å². The molecule has 0 N–H and O–H groups in total. The maximum atomic E-state index is 13.1. The molecule has 1 saturated carbocycles. The summed E-state index contributed by atoms with van der Waals surface area (Å²) in [6.45, 7) is 2.53. The first-order valence-corrected chi connectivity index (χ1v) is 9.34. The molecule has 2 aromatic rings. The van der Waals surface area contributed by atoms with Gasteiger partial charge in [0.25, 0.3) is 0 Å². The molecule has 0 spiro atoms. The van der Waals surface area contributed by atoms with E-state index in [0.29, 0.717) is 19.6 Å². The average molecular weight is 357 g/mol. The maximum absolute atomic E-state index is 13.1. The number of hydrogen-bond acceptors (Lipinski definition) is 3. The van der Waals surface area contributed by atoms with E-state index in [1.165, 1.54) is 12.1 Å². The fourth-order valence-electron chi connectivity index (χ4n) is 3.45. The van der Waals surface area contributed by atoms with Crippen LogP contribution in [0, 0.1) is 11.7 Å². The van der Waals surface area contributed by atoms with E-state index < -0.39 is 0 Å². The molecule has 2 aliphatic rings. The van der Waals surface area contributed by atoms with Gasteiger partial charge < -0.3 is 14.2 Å². The molecule has 1 aromatic heterocycles. The molecule has 1 saturated heterocycles. The SMILES string of the molecule is O=C(C1CC1)N(Cc1nccn1Cc1ccc(F)cc1)CC1CCCO1. The Hall–Kier alpha value is -2.21. The Morgan fingerprint density at radius 2 is 2.08 bits per heavy atom. The predicted octanol–water partition coefficient (Wildman–Crippen LogP) is 2.99. The minimum atomic E-state index is -0.239. The van der Waals surface area contributed by atoms with Crippen molar-refractivity contribution in [2.45, 2.75) is 44.9 Å². The lowest BCUT2D eigenvalue weighted by molar-refractivity contribution is -0.135. The summed E-state index contributed by atoms with van der Waals surface area (Å²) in [4.78, 5) is 19.1. The van der Waals surface area contributed by atoms with Gasteiger partial charge in [-0.3, -0.25) is 4.79 Å². The summed E-state index contributed by atoms with van der Waals surface area (Å²) in [6.07, 6.45) is 7.86. The van der Waals surface area contributed by atoms with Crippen LogP contribution in [-0.4, -0.2) is 39.6 Å². The third-order valence-corrected chi connectivity index (χ3v) is 5.09. The first-order valence-electron chi connectivity index (χ1n) is 9.34. The molecule has 4 rings (SSSR count). The van der Waals surface area contributed by atoms with E-state index in [1.54, 1.807) is 18.3 Å².